The van der Waals surface area contributed by atoms with Crippen LogP contribution in [0.4, 0.5) is 0 Å². The third-order valence-electron chi connectivity index (χ3n) is 4.31. The maximum atomic E-state index is 6.08. The topological polar surface area (TPSA) is 51.0 Å². The molecule has 5 heteroatoms. The van der Waals surface area contributed by atoms with E-state index in [-0.39, 0.29) is 11.8 Å². The molecule has 0 amide bonds. The van der Waals surface area contributed by atoms with Gasteiger partial charge in [0.15, 0.2) is 6.29 Å². The van der Waals surface area contributed by atoms with Crippen LogP contribution < -0.4 is 5.73 Å². The summed E-state index contributed by atoms with van der Waals surface area (Å²) < 4.78 is 10.7. The zero-order chi connectivity index (χ0) is 14.5. The lowest BCUT2D eigenvalue weighted by molar-refractivity contribution is -0.131. The number of likely N-dealkylation sites (N-methyl/N-ethyl adjacent to an activating group) is 1. The molecule has 1 saturated heterocycles. The molecule has 0 radical (unpaired) electrons. The predicted octanol–water partition coefficient (Wildman–Crippen LogP) is 0.739. The van der Waals surface area contributed by atoms with Crippen LogP contribution in [-0.2, 0) is 9.47 Å². The largest absolute Gasteiger partial charge is 0.356 e. The van der Waals surface area contributed by atoms with Gasteiger partial charge in [0.1, 0.15) is 0 Å². The fourth-order valence-electron chi connectivity index (χ4n) is 3.11. The Labute approximate surface area is 118 Å². The van der Waals surface area contributed by atoms with Crippen molar-refractivity contribution in [2.24, 2.45) is 5.73 Å². The molecule has 0 bridgehead atoms. The van der Waals surface area contributed by atoms with Gasteiger partial charge in [0.05, 0.1) is 0 Å². The summed E-state index contributed by atoms with van der Waals surface area (Å²) in [5, 5.41) is 0. The Hall–Kier alpha value is -0.200. The molecule has 0 aliphatic carbocycles. The molecule has 0 aromatic heterocycles. The molecule has 0 aromatic rings. The maximum Gasteiger partial charge on any atom is 0.158 e. The number of methoxy groups -OCH3 is 2. The lowest BCUT2D eigenvalue weighted by Gasteiger charge is -2.45. The number of nitrogens with zero attached hydrogens (tertiary/aromatic N) is 2. The Morgan fingerprint density at radius 1 is 1.32 bits per heavy atom. The van der Waals surface area contributed by atoms with Crippen molar-refractivity contribution in [1.82, 2.24) is 9.80 Å². The molecule has 0 aromatic carbocycles. The van der Waals surface area contributed by atoms with Gasteiger partial charge < -0.3 is 20.1 Å². The van der Waals surface area contributed by atoms with E-state index in [0.29, 0.717) is 12.6 Å². The number of nitrogens with two attached hydrogens (primary N) is 1. The molecule has 1 aliphatic rings. The Balaban J connectivity index is 2.80. The smallest absolute Gasteiger partial charge is 0.158 e. The van der Waals surface area contributed by atoms with Crippen molar-refractivity contribution in [1.29, 1.82) is 0 Å². The van der Waals surface area contributed by atoms with Crippen molar-refractivity contribution in [2.45, 2.75) is 44.6 Å². The second-order valence-electron chi connectivity index (χ2n) is 5.96. The molecule has 2 atom stereocenters. The van der Waals surface area contributed by atoms with E-state index in [9.17, 15) is 0 Å². The van der Waals surface area contributed by atoms with Crippen molar-refractivity contribution < 1.29 is 9.47 Å². The summed E-state index contributed by atoms with van der Waals surface area (Å²) in [5.74, 6) is 0. The van der Waals surface area contributed by atoms with Crippen molar-refractivity contribution in [2.75, 3.05) is 47.4 Å². The highest BCUT2D eigenvalue weighted by atomic mass is 16.7. The first-order valence-corrected chi connectivity index (χ1v) is 7.17. The third kappa shape index (κ3) is 4.39. The molecule has 0 saturated carbocycles. The molecule has 5 nitrogen and oxygen atoms in total. The van der Waals surface area contributed by atoms with Gasteiger partial charge in [-0.3, -0.25) is 4.90 Å². The van der Waals surface area contributed by atoms with E-state index >= 15 is 0 Å². The molecule has 1 fully saturated rings. The van der Waals surface area contributed by atoms with Gasteiger partial charge in [0.25, 0.3) is 0 Å². The minimum atomic E-state index is -0.193. The lowest BCUT2D eigenvalue weighted by Crippen LogP contribution is -2.58. The van der Waals surface area contributed by atoms with Gasteiger partial charge in [0.2, 0.25) is 0 Å². The molecule has 1 rings (SSSR count). The van der Waals surface area contributed by atoms with Crippen LogP contribution in [-0.4, -0.2) is 75.1 Å². The standard InChI is InChI=1S/C14H31N3O2/c1-12-10-16(3)7-6-8-17(12)14(2,11-15)9-13(18-4)19-5/h12-13H,6-11,15H2,1-5H3. The van der Waals surface area contributed by atoms with Crippen LogP contribution in [0, 0.1) is 0 Å². The van der Waals surface area contributed by atoms with Crippen LogP contribution in [0.25, 0.3) is 0 Å². The van der Waals surface area contributed by atoms with E-state index in [2.05, 4.69) is 30.7 Å². The molecular formula is C14H31N3O2. The van der Waals surface area contributed by atoms with Crippen molar-refractivity contribution in [3.63, 3.8) is 0 Å². The van der Waals surface area contributed by atoms with E-state index in [1.165, 1.54) is 6.42 Å². The first kappa shape index (κ1) is 16.9. The third-order valence-corrected chi connectivity index (χ3v) is 4.31. The van der Waals surface area contributed by atoms with Gasteiger partial charge in [-0.15, -0.1) is 0 Å². The molecule has 114 valence electrons. The quantitative estimate of drug-likeness (QED) is 0.723. The zero-order valence-electron chi connectivity index (χ0n) is 13.2. The predicted molar refractivity (Wildman–Crippen MR) is 78.2 cm³/mol. The van der Waals surface area contributed by atoms with Crippen LogP contribution >= 0.6 is 0 Å². The van der Waals surface area contributed by atoms with Crippen LogP contribution in [0.15, 0.2) is 0 Å². The Morgan fingerprint density at radius 3 is 2.47 bits per heavy atom. The van der Waals surface area contributed by atoms with E-state index in [1.54, 1.807) is 14.2 Å². The van der Waals surface area contributed by atoms with E-state index in [0.717, 1.165) is 26.1 Å². The van der Waals surface area contributed by atoms with Crippen LogP contribution in [0.5, 0.6) is 0 Å². The SMILES string of the molecule is COC(CC(C)(CN)N1CCCN(C)CC1C)OC. The first-order chi connectivity index (χ1) is 8.96. The summed E-state index contributed by atoms with van der Waals surface area (Å²) in [4.78, 5) is 4.92. The Bertz CT molecular complexity index is 261. The summed E-state index contributed by atoms with van der Waals surface area (Å²) in [5.41, 5.74) is 6.00. The molecule has 0 spiro atoms. The lowest BCUT2D eigenvalue weighted by atomic mass is 9.93. The highest BCUT2D eigenvalue weighted by Gasteiger charge is 2.37. The average molecular weight is 273 g/mol. The fourth-order valence-corrected chi connectivity index (χ4v) is 3.11. The van der Waals surface area contributed by atoms with Crippen molar-refractivity contribution in [3.8, 4) is 0 Å². The van der Waals surface area contributed by atoms with Crippen LogP contribution in [0.1, 0.15) is 26.7 Å². The van der Waals surface area contributed by atoms with Crippen molar-refractivity contribution >= 4 is 0 Å². The molecule has 1 heterocycles. The van der Waals surface area contributed by atoms with Gasteiger partial charge in [-0.1, -0.05) is 0 Å². The second-order valence-corrected chi connectivity index (χ2v) is 5.96. The summed E-state index contributed by atoms with van der Waals surface area (Å²) in [6, 6.07) is 0.496. The number of hydrogen-bond donors (Lipinski definition) is 1. The Morgan fingerprint density at radius 2 is 1.95 bits per heavy atom. The second kappa shape index (κ2) is 7.55. The van der Waals surface area contributed by atoms with Gasteiger partial charge in [-0.25, -0.2) is 0 Å². The molecule has 19 heavy (non-hydrogen) atoms. The van der Waals surface area contributed by atoms with Crippen molar-refractivity contribution in [3.05, 3.63) is 0 Å². The normalized spacial score (nSPS) is 26.4. The molecule has 2 N–H and O–H groups in total. The number of rotatable bonds is 6. The molecule has 2 unspecified atom stereocenters. The minimum Gasteiger partial charge on any atom is -0.356 e. The molecule has 1 aliphatic heterocycles. The summed E-state index contributed by atoms with van der Waals surface area (Å²) >= 11 is 0. The monoisotopic (exact) mass is 273 g/mol. The fraction of sp³-hybridized carbons (Fsp3) is 1.00. The zero-order valence-corrected chi connectivity index (χ0v) is 13.2. The summed E-state index contributed by atoms with van der Waals surface area (Å²) in [7, 11) is 5.56. The maximum absolute atomic E-state index is 6.08. The summed E-state index contributed by atoms with van der Waals surface area (Å²) in [6.45, 7) is 8.44. The van der Waals surface area contributed by atoms with Crippen LogP contribution in [0.2, 0.25) is 0 Å². The van der Waals surface area contributed by atoms with E-state index in [1.807, 2.05) is 0 Å². The van der Waals surface area contributed by atoms with Gasteiger partial charge in [-0.2, -0.15) is 0 Å². The highest BCUT2D eigenvalue weighted by molar-refractivity contribution is 4.93. The minimum absolute atomic E-state index is 0.0821. The van der Waals surface area contributed by atoms with Gasteiger partial charge in [-0.05, 0) is 33.9 Å². The van der Waals surface area contributed by atoms with Crippen LogP contribution in [0.3, 0.4) is 0 Å². The first-order valence-electron chi connectivity index (χ1n) is 7.17. The average Bonchev–Trinajstić information content (AvgIpc) is 2.56. The van der Waals surface area contributed by atoms with E-state index < -0.39 is 0 Å². The van der Waals surface area contributed by atoms with E-state index in [4.69, 9.17) is 15.2 Å². The van der Waals surface area contributed by atoms with Gasteiger partial charge >= 0.3 is 0 Å². The summed E-state index contributed by atoms with van der Waals surface area (Å²) in [6.07, 6.45) is 1.78. The Kier molecular flexibility index (Phi) is 6.69. The number of ether oxygens (including phenoxy) is 2. The number of hydrogen-bond acceptors (Lipinski definition) is 5. The van der Waals surface area contributed by atoms with Gasteiger partial charge in [0, 0.05) is 51.9 Å². The molecular weight excluding hydrogens is 242 g/mol. The highest BCUT2D eigenvalue weighted by Crippen LogP contribution is 2.26.